The van der Waals surface area contributed by atoms with Gasteiger partial charge in [0, 0.05) is 63.5 Å². The first-order valence-electron chi connectivity index (χ1n) is 11.2. The molecule has 0 aromatic heterocycles. The highest BCUT2D eigenvalue weighted by Gasteiger charge is 2.35. The van der Waals surface area contributed by atoms with Crippen molar-refractivity contribution in [2.45, 2.75) is 12.2 Å². The fraction of sp³-hybridized carbons (Fsp3) is 0.148. The van der Waals surface area contributed by atoms with Crippen molar-refractivity contribution in [3.05, 3.63) is 106 Å². The maximum Gasteiger partial charge on any atom is 0.416 e. The predicted molar refractivity (Wildman–Crippen MR) is 142 cm³/mol. The fourth-order valence-corrected chi connectivity index (χ4v) is 4.68. The second-order valence-corrected chi connectivity index (χ2v) is 9.01. The third-order valence-corrected chi connectivity index (χ3v) is 6.56. The number of nitrogens with zero attached hydrogens (tertiary/aromatic N) is 1. The van der Waals surface area contributed by atoms with Crippen molar-refractivity contribution in [1.29, 1.82) is 0 Å². The van der Waals surface area contributed by atoms with Gasteiger partial charge in [-0.15, -0.1) is 0 Å². The van der Waals surface area contributed by atoms with Crippen LogP contribution < -0.4 is 22.1 Å². The van der Waals surface area contributed by atoms with Gasteiger partial charge in [-0.25, -0.2) is 8.78 Å². The highest BCUT2D eigenvalue weighted by Crippen LogP contribution is 2.47. The molecule has 0 saturated carbocycles. The predicted octanol–water partition coefficient (Wildman–Crippen LogP) is 6.34. The first-order chi connectivity index (χ1) is 17.8. The molecule has 3 aromatic carbocycles. The van der Waals surface area contributed by atoms with E-state index >= 15 is 0 Å². The third kappa shape index (κ3) is 4.97. The van der Waals surface area contributed by atoms with Crippen LogP contribution in [0.2, 0.25) is 5.02 Å². The van der Waals surface area contributed by atoms with E-state index in [1.807, 2.05) is 0 Å². The third-order valence-electron chi connectivity index (χ3n) is 6.22. The Labute approximate surface area is 220 Å². The number of nitrogen functional groups attached to an aromatic ring is 1. The summed E-state index contributed by atoms with van der Waals surface area (Å²) in [6, 6.07) is 6.86. The lowest BCUT2D eigenvalue weighted by Crippen LogP contribution is -2.19. The molecule has 0 bridgehead atoms. The van der Waals surface area contributed by atoms with Crippen molar-refractivity contribution in [3.63, 3.8) is 0 Å². The molecule has 0 amide bonds. The number of aliphatic imine (C=N–C) groups is 1. The minimum atomic E-state index is -4.76. The zero-order chi connectivity index (χ0) is 27.9. The Morgan fingerprint density at radius 3 is 2.47 bits per heavy atom. The zero-order valence-electron chi connectivity index (χ0n) is 20.1. The van der Waals surface area contributed by atoms with Crippen LogP contribution in [0.15, 0.2) is 60.6 Å². The fourth-order valence-electron chi connectivity index (χ4n) is 4.45. The van der Waals surface area contributed by atoms with E-state index in [9.17, 15) is 22.0 Å². The van der Waals surface area contributed by atoms with Gasteiger partial charge in [0.05, 0.1) is 23.0 Å². The standard InChI is InChI=1S/C27H23ClF5N5/c1-12(14-6-15(27(31,32)33)8-17(30)7-14)37-21-10-19(22(11-34)36-3)25(35)23-13(2)38-26(24(21)23)18-9-16(29)4-5-20(18)28/h4-10,26,37-38H,1-2,11,34-35H2,3H3. The molecule has 11 heteroatoms. The smallest absolute Gasteiger partial charge is 0.398 e. The maximum atomic E-state index is 14.2. The first-order valence-corrected chi connectivity index (χ1v) is 11.6. The molecule has 0 fully saturated rings. The Kier molecular flexibility index (Phi) is 7.22. The van der Waals surface area contributed by atoms with Gasteiger partial charge in [0.1, 0.15) is 11.6 Å². The van der Waals surface area contributed by atoms with Crippen LogP contribution >= 0.6 is 11.6 Å². The number of rotatable bonds is 6. The minimum absolute atomic E-state index is 0.0303. The van der Waals surface area contributed by atoms with Crippen LogP contribution in [-0.4, -0.2) is 19.3 Å². The molecule has 6 N–H and O–H groups in total. The van der Waals surface area contributed by atoms with Crippen molar-refractivity contribution in [1.82, 2.24) is 5.32 Å². The Bertz CT molecular complexity index is 1500. The summed E-state index contributed by atoms with van der Waals surface area (Å²) in [5.41, 5.74) is 14.3. The van der Waals surface area contributed by atoms with E-state index in [1.165, 1.54) is 25.2 Å². The molecule has 5 nitrogen and oxygen atoms in total. The second kappa shape index (κ2) is 10.1. The lowest BCUT2D eigenvalue weighted by Gasteiger charge is -2.22. The van der Waals surface area contributed by atoms with Crippen LogP contribution in [0.4, 0.5) is 33.3 Å². The summed E-state index contributed by atoms with van der Waals surface area (Å²) in [6.45, 7) is 7.92. The van der Waals surface area contributed by atoms with Crippen LogP contribution in [0.5, 0.6) is 0 Å². The summed E-state index contributed by atoms with van der Waals surface area (Å²) in [4.78, 5) is 4.19. The molecular weight excluding hydrogens is 525 g/mol. The van der Waals surface area contributed by atoms with Crippen molar-refractivity contribution in [3.8, 4) is 0 Å². The number of alkyl halides is 3. The number of hydrogen-bond acceptors (Lipinski definition) is 5. The summed E-state index contributed by atoms with van der Waals surface area (Å²) >= 11 is 6.40. The SMILES string of the molecule is C=C(Nc1cc(C(CN)=NC)c(N)c2c1C(c1cc(F)ccc1Cl)NC2=C)c1cc(F)cc(C(F)(F)F)c1. The Hall–Kier alpha value is -3.89. The maximum absolute atomic E-state index is 14.2. The molecule has 1 heterocycles. The molecule has 38 heavy (non-hydrogen) atoms. The second-order valence-electron chi connectivity index (χ2n) is 8.60. The summed E-state index contributed by atoms with van der Waals surface area (Å²) in [6.07, 6.45) is -4.76. The summed E-state index contributed by atoms with van der Waals surface area (Å²) in [5.74, 6) is -1.61. The average molecular weight is 548 g/mol. The van der Waals surface area contributed by atoms with Gasteiger partial charge in [-0.2, -0.15) is 13.2 Å². The first kappa shape index (κ1) is 27.2. The lowest BCUT2D eigenvalue weighted by molar-refractivity contribution is -0.137. The molecule has 0 aliphatic carbocycles. The van der Waals surface area contributed by atoms with Gasteiger partial charge in [-0.05, 0) is 42.5 Å². The van der Waals surface area contributed by atoms with Crippen molar-refractivity contribution in [2.24, 2.45) is 10.7 Å². The van der Waals surface area contributed by atoms with Crippen LogP contribution in [0.25, 0.3) is 11.4 Å². The quantitative estimate of drug-likeness (QED) is 0.165. The van der Waals surface area contributed by atoms with Gasteiger partial charge in [-0.1, -0.05) is 24.8 Å². The van der Waals surface area contributed by atoms with Crippen LogP contribution in [-0.2, 0) is 6.18 Å². The summed E-state index contributed by atoms with van der Waals surface area (Å²) in [7, 11) is 1.54. The van der Waals surface area contributed by atoms with Gasteiger partial charge >= 0.3 is 6.18 Å². The molecule has 1 atom stereocenters. The van der Waals surface area contributed by atoms with E-state index in [0.29, 0.717) is 51.1 Å². The van der Waals surface area contributed by atoms with E-state index in [-0.39, 0.29) is 22.8 Å². The molecule has 0 radical (unpaired) electrons. The molecule has 0 saturated heterocycles. The lowest BCUT2D eigenvalue weighted by atomic mass is 9.91. The number of fused-ring (bicyclic) bond motifs is 1. The Morgan fingerprint density at radius 1 is 1.13 bits per heavy atom. The molecule has 4 rings (SSSR count). The van der Waals surface area contributed by atoms with Crippen LogP contribution in [0.1, 0.15) is 39.4 Å². The van der Waals surface area contributed by atoms with E-state index in [1.54, 1.807) is 6.07 Å². The highest BCUT2D eigenvalue weighted by molar-refractivity contribution is 6.31. The number of nitrogens with two attached hydrogens (primary N) is 2. The number of hydrogen-bond donors (Lipinski definition) is 4. The number of benzene rings is 3. The van der Waals surface area contributed by atoms with Gasteiger partial charge in [0.25, 0.3) is 0 Å². The molecule has 0 spiro atoms. The van der Waals surface area contributed by atoms with Crippen molar-refractivity contribution in [2.75, 3.05) is 24.6 Å². The number of anilines is 2. The topological polar surface area (TPSA) is 88.5 Å². The zero-order valence-corrected chi connectivity index (χ0v) is 20.9. The van der Waals surface area contributed by atoms with Crippen molar-refractivity contribution >= 4 is 40.1 Å². The Morgan fingerprint density at radius 2 is 1.84 bits per heavy atom. The van der Waals surface area contributed by atoms with E-state index < -0.39 is 29.4 Å². The summed E-state index contributed by atoms with van der Waals surface area (Å²) in [5, 5.41) is 6.41. The average Bonchev–Trinajstić information content (AvgIpc) is 3.20. The molecular formula is C27H23ClF5N5. The normalized spacial score (nSPS) is 15.3. The van der Waals surface area contributed by atoms with Crippen LogP contribution in [0.3, 0.4) is 0 Å². The largest absolute Gasteiger partial charge is 0.416 e. The van der Waals surface area contributed by atoms with E-state index in [4.69, 9.17) is 23.1 Å². The van der Waals surface area contributed by atoms with Gasteiger partial charge < -0.3 is 22.1 Å². The van der Waals surface area contributed by atoms with Crippen LogP contribution in [0, 0.1) is 11.6 Å². The van der Waals surface area contributed by atoms with Gasteiger partial charge in [-0.3, -0.25) is 4.99 Å². The number of nitrogens with one attached hydrogen (secondary N) is 2. The van der Waals surface area contributed by atoms with E-state index in [0.717, 1.165) is 12.1 Å². The monoisotopic (exact) mass is 547 g/mol. The highest BCUT2D eigenvalue weighted by atomic mass is 35.5. The molecule has 1 aliphatic heterocycles. The Balaban J connectivity index is 1.92. The number of halogens is 6. The minimum Gasteiger partial charge on any atom is -0.398 e. The molecule has 1 unspecified atom stereocenters. The molecule has 1 aliphatic rings. The van der Waals surface area contributed by atoms with Crippen molar-refractivity contribution < 1.29 is 22.0 Å². The molecule has 198 valence electrons. The van der Waals surface area contributed by atoms with Gasteiger partial charge in [0.2, 0.25) is 0 Å². The van der Waals surface area contributed by atoms with Gasteiger partial charge in [0.15, 0.2) is 0 Å². The van der Waals surface area contributed by atoms with E-state index in [2.05, 4.69) is 28.8 Å². The summed E-state index contributed by atoms with van der Waals surface area (Å²) < 4.78 is 68.3. The molecule has 3 aromatic rings.